The van der Waals surface area contributed by atoms with Gasteiger partial charge in [0.2, 0.25) is 0 Å². The predicted molar refractivity (Wildman–Crippen MR) is 101 cm³/mol. The van der Waals surface area contributed by atoms with Gasteiger partial charge < -0.3 is 9.88 Å². The van der Waals surface area contributed by atoms with Crippen LogP contribution in [0.25, 0.3) is 0 Å². The van der Waals surface area contributed by atoms with Gasteiger partial charge >= 0.3 is 5.69 Å². The SMILES string of the molecule is O=C(c1c[nH]c(=O)n(Cc2cccs2)c1=O)N1CCCc2ccccc21. The molecular formula is C19H17N3O3S. The third kappa shape index (κ3) is 2.90. The number of thiophene rings is 1. The monoisotopic (exact) mass is 367 g/mol. The minimum atomic E-state index is -0.560. The molecule has 0 spiro atoms. The van der Waals surface area contributed by atoms with Crippen LogP contribution in [-0.4, -0.2) is 22.0 Å². The first-order valence-corrected chi connectivity index (χ1v) is 9.28. The van der Waals surface area contributed by atoms with E-state index >= 15 is 0 Å². The molecule has 0 bridgehead atoms. The number of H-pyrrole nitrogens is 1. The van der Waals surface area contributed by atoms with Crippen molar-refractivity contribution in [3.8, 4) is 0 Å². The van der Waals surface area contributed by atoms with Crippen molar-refractivity contribution in [2.45, 2.75) is 19.4 Å². The Bertz CT molecular complexity index is 1070. The molecule has 1 aliphatic heterocycles. The summed E-state index contributed by atoms with van der Waals surface area (Å²) in [6, 6.07) is 11.4. The molecule has 7 heteroatoms. The maximum absolute atomic E-state index is 13.0. The minimum Gasteiger partial charge on any atom is -0.313 e. The number of hydrogen-bond donors (Lipinski definition) is 1. The Labute approximate surface area is 153 Å². The number of aromatic amines is 1. The molecule has 0 saturated carbocycles. The van der Waals surface area contributed by atoms with Crippen LogP contribution in [0.4, 0.5) is 5.69 Å². The minimum absolute atomic E-state index is 0.0159. The van der Waals surface area contributed by atoms with Crippen molar-refractivity contribution in [3.05, 3.63) is 84.8 Å². The van der Waals surface area contributed by atoms with E-state index in [-0.39, 0.29) is 18.0 Å². The van der Waals surface area contributed by atoms with Crippen molar-refractivity contribution in [2.75, 3.05) is 11.4 Å². The van der Waals surface area contributed by atoms with Crippen molar-refractivity contribution < 1.29 is 4.79 Å². The van der Waals surface area contributed by atoms with Crippen molar-refractivity contribution in [2.24, 2.45) is 0 Å². The van der Waals surface area contributed by atoms with E-state index in [2.05, 4.69) is 4.98 Å². The van der Waals surface area contributed by atoms with Gasteiger partial charge in [0, 0.05) is 23.3 Å². The van der Waals surface area contributed by atoms with Gasteiger partial charge in [-0.05, 0) is 35.9 Å². The quantitative estimate of drug-likeness (QED) is 0.771. The maximum atomic E-state index is 13.0. The van der Waals surface area contributed by atoms with E-state index in [9.17, 15) is 14.4 Å². The normalized spacial score (nSPS) is 13.5. The summed E-state index contributed by atoms with van der Waals surface area (Å²) in [6.45, 7) is 0.711. The van der Waals surface area contributed by atoms with Crippen LogP contribution >= 0.6 is 11.3 Å². The predicted octanol–water partition coefficient (Wildman–Crippen LogP) is 2.24. The second kappa shape index (κ2) is 6.76. The zero-order valence-corrected chi connectivity index (χ0v) is 14.8. The molecule has 0 aliphatic carbocycles. The van der Waals surface area contributed by atoms with E-state index in [1.807, 2.05) is 41.8 Å². The summed E-state index contributed by atoms with van der Waals surface area (Å²) in [5.74, 6) is -0.377. The largest absolute Gasteiger partial charge is 0.328 e. The first kappa shape index (κ1) is 16.5. The zero-order chi connectivity index (χ0) is 18.1. The fourth-order valence-corrected chi connectivity index (χ4v) is 3.95. The first-order valence-electron chi connectivity index (χ1n) is 8.40. The van der Waals surface area contributed by atoms with Crippen LogP contribution in [0.3, 0.4) is 0 Å². The van der Waals surface area contributed by atoms with Crippen LogP contribution in [0, 0.1) is 0 Å². The molecule has 0 atom stereocenters. The lowest BCUT2D eigenvalue weighted by molar-refractivity contribution is 0.0982. The summed E-state index contributed by atoms with van der Waals surface area (Å²) in [7, 11) is 0. The van der Waals surface area contributed by atoms with E-state index in [1.165, 1.54) is 17.5 Å². The lowest BCUT2D eigenvalue weighted by Crippen LogP contribution is -2.43. The Morgan fingerprint density at radius 3 is 2.81 bits per heavy atom. The summed E-state index contributed by atoms with van der Waals surface area (Å²) in [6.07, 6.45) is 2.98. The van der Waals surface area contributed by atoms with Gasteiger partial charge in [-0.1, -0.05) is 24.3 Å². The van der Waals surface area contributed by atoms with Gasteiger partial charge in [0.15, 0.2) is 0 Å². The van der Waals surface area contributed by atoms with Crippen molar-refractivity contribution in [1.29, 1.82) is 0 Å². The molecule has 1 amide bonds. The van der Waals surface area contributed by atoms with Gasteiger partial charge in [-0.3, -0.25) is 14.2 Å². The highest BCUT2D eigenvalue weighted by molar-refractivity contribution is 7.09. The lowest BCUT2D eigenvalue weighted by Gasteiger charge is -2.29. The average Bonchev–Trinajstić information content (AvgIpc) is 3.17. The van der Waals surface area contributed by atoms with Gasteiger partial charge in [0.25, 0.3) is 11.5 Å². The number of nitrogens with zero attached hydrogens (tertiary/aromatic N) is 2. The lowest BCUT2D eigenvalue weighted by atomic mass is 10.0. The number of fused-ring (bicyclic) bond motifs is 1. The summed E-state index contributed by atoms with van der Waals surface area (Å²) in [5.41, 5.74) is 0.835. The molecule has 132 valence electrons. The number of anilines is 1. The number of para-hydroxylation sites is 1. The zero-order valence-electron chi connectivity index (χ0n) is 14.0. The average molecular weight is 367 g/mol. The Morgan fingerprint density at radius 2 is 2.00 bits per heavy atom. The fraction of sp³-hybridized carbons (Fsp3) is 0.211. The summed E-state index contributed by atoms with van der Waals surface area (Å²) in [4.78, 5) is 43.0. The number of carbonyl (C=O) groups excluding carboxylic acids is 1. The fourth-order valence-electron chi connectivity index (χ4n) is 3.26. The third-order valence-corrected chi connectivity index (χ3v) is 5.40. The smallest absolute Gasteiger partial charge is 0.313 e. The summed E-state index contributed by atoms with van der Waals surface area (Å²) >= 11 is 1.46. The van der Waals surface area contributed by atoms with Crippen molar-refractivity contribution in [1.82, 2.24) is 9.55 Å². The number of aromatic nitrogens is 2. The highest BCUT2D eigenvalue weighted by atomic mass is 32.1. The Kier molecular flexibility index (Phi) is 4.30. The maximum Gasteiger partial charge on any atom is 0.328 e. The number of amides is 1. The third-order valence-electron chi connectivity index (χ3n) is 4.54. The van der Waals surface area contributed by atoms with Crippen LogP contribution in [0.2, 0.25) is 0 Å². The molecule has 26 heavy (non-hydrogen) atoms. The Balaban J connectivity index is 1.74. The molecule has 2 aromatic heterocycles. The van der Waals surface area contributed by atoms with E-state index in [4.69, 9.17) is 0 Å². The van der Waals surface area contributed by atoms with Gasteiger partial charge in [-0.15, -0.1) is 11.3 Å². The Hall–Kier alpha value is -2.93. The van der Waals surface area contributed by atoms with Crippen LogP contribution in [-0.2, 0) is 13.0 Å². The van der Waals surface area contributed by atoms with Crippen molar-refractivity contribution >= 4 is 22.9 Å². The van der Waals surface area contributed by atoms with E-state index in [0.717, 1.165) is 33.5 Å². The number of benzene rings is 1. The molecule has 3 aromatic rings. The van der Waals surface area contributed by atoms with Crippen LogP contribution in [0.5, 0.6) is 0 Å². The number of carbonyl (C=O) groups is 1. The van der Waals surface area contributed by atoms with Gasteiger partial charge in [-0.25, -0.2) is 4.79 Å². The summed E-state index contributed by atoms with van der Waals surface area (Å²) < 4.78 is 1.08. The van der Waals surface area contributed by atoms with E-state index in [0.29, 0.717) is 6.54 Å². The Morgan fingerprint density at radius 1 is 1.15 bits per heavy atom. The standard InChI is InChI=1S/C19H17N3O3S/c23-17(21-9-3-6-13-5-1-2-8-16(13)21)15-11-20-19(25)22(18(15)24)12-14-7-4-10-26-14/h1-2,4-5,7-8,10-11H,3,6,9,12H2,(H,20,25). The van der Waals surface area contributed by atoms with Crippen LogP contribution < -0.4 is 16.1 Å². The first-order chi connectivity index (χ1) is 12.6. The second-order valence-corrected chi connectivity index (χ2v) is 7.20. The van der Waals surface area contributed by atoms with Crippen LogP contribution in [0.1, 0.15) is 27.2 Å². The molecular weight excluding hydrogens is 350 g/mol. The molecule has 1 aromatic carbocycles. The number of nitrogens with one attached hydrogen (secondary N) is 1. The number of hydrogen-bond acceptors (Lipinski definition) is 4. The van der Waals surface area contributed by atoms with Gasteiger partial charge in [-0.2, -0.15) is 0 Å². The molecule has 0 unspecified atom stereocenters. The molecule has 1 aliphatic rings. The van der Waals surface area contributed by atoms with Crippen molar-refractivity contribution in [3.63, 3.8) is 0 Å². The van der Waals surface area contributed by atoms with Crippen LogP contribution in [0.15, 0.2) is 57.6 Å². The molecule has 6 nitrogen and oxygen atoms in total. The second-order valence-electron chi connectivity index (χ2n) is 6.17. The number of rotatable bonds is 3. The molecule has 0 radical (unpaired) electrons. The van der Waals surface area contributed by atoms with Gasteiger partial charge in [0.05, 0.1) is 6.54 Å². The molecule has 4 rings (SSSR count). The topological polar surface area (TPSA) is 75.2 Å². The summed E-state index contributed by atoms with van der Waals surface area (Å²) in [5, 5.41) is 1.88. The van der Waals surface area contributed by atoms with E-state index < -0.39 is 11.2 Å². The molecule has 0 fully saturated rings. The highest BCUT2D eigenvalue weighted by Gasteiger charge is 2.26. The molecule has 3 heterocycles. The number of aryl methyl sites for hydroxylation is 1. The highest BCUT2D eigenvalue weighted by Crippen LogP contribution is 2.27. The molecule has 0 saturated heterocycles. The van der Waals surface area contributed by atoms with Gasteiger partial charge in [0.1, 0.15) is 5.56 Å². The van der Waals surface area contributed by atoms with E-state index in [1.54, 1.807) is 4.90 Å². The molecule has 1 N–H and O–H groups in total.